The first-order valence-electron chi connectivity index (χ1n) is 14.2. The Morgan fingerprint density at radius 3 is 1.98 bits per heavy atom. The van der Waals surface area contributed by atoms with Gasteiger partial charge in [-0.2, -0.15) is 26.3 Å². The Hall–Kier alpha value is -3.57. The summed E-state index contributed by atoms with van der Waals surface area (Å²) in [6.45, 7) is 6.56. The van der Waals surface area contributed by atoms with Gasteiger partial charge in [-0.15, -0.1) is 0 Å². The Labute approximate surface area is 248 Å². The number of halogens is 6. The summed E-state index contributed by atoms with van der Waals surface area (Å²) in [4.78, 5) is 41.4. The molecule has 12 heteroatoms. The van der Waals surface area contributed by atoms with Crippen molar-refractivity contribution < 1.29 is 40.7 Å². The van der Waals surface area contributed by atoms with Crippen LogP contribution in [0, 0.1) is 5.92 Å². The third kappa shape index (κ3) is 11.6. The van der Waals surface area contributed by atoms with E-state index >= 15 is 0 Å². The number of unbranched alkanes of at least 4 members (excludes halogenated alkanes) is 1. The number of benzene rings is 2. The van der Waals surface area contributed by atoms with E-state index in [-0.39, 0.29) is 55.3 Å². The molecule has 0 spiro atoms. The molecule has 0 saturated carbocycles. The van der Waals surface area contributed by atoms with E-state index in [1.54, 1.807) is 11.8 Å². The summed E-state index contributed by atoms with van der Waals surface area (Å²) in [7, 11) is 0. The number of nitrogens with zero attached hydrogens (tertiary/aromatic N) is 2. The number of Topliss-reactive ketones (excluding diaryl/α,β-unsaturated/α-hetero) is 1. The van der Waals surface area contributed by atoms with E-state index < -0.39 is 42.1 Å². The monoisotopic (exact) mass is 615 g/mol. The average Bonchev–Trinajstić information content (AvgIpc) is 2.93. The van der Waals surface area contributed by atoms with Crippen molar-refractivity contribution in [2.45, 2.75) is 84.9 Å². The molecule has 0 aliphatic rings. The predicted molar refractivity (Wildman–Crippen MR) is 151 cm³/mol. The highest BCUT2D eigenvalue weighted by atomic mass is 19.4. The summed E-state index contributed by atoms with van der Waals surface area (Å²) < 4.78 is 79.7. The number of amides is 3. The summed E-state index contributed by atoms with van der Waals surface area (Å²) in [6, 6.07) is 8.96. The van der Waals surface area contributed by atoms with Crippen molar-refractivity contribution in [2.75, 3.05) is 13.1 Å². The third-order valence-corrected chi connectivity index (χ3v) is 7.01. The Balaban J connectivity index is 2.30. The van der Waals surface area contributed by atoms with Crippen LogP contribution in [0.4, 0.5) is 31.1 Å². The van der Waals surface area contributed by atoms with Crippen LogP contribution in [0.3, 0.4) is 0 Å². The zero-order chi connectivity index (χ0) is 32.4. The quantitative estimate of drug-likeness (QED) is 0.225. The number of nitrogens with one attached hydrogen (secondary N) is 1. The van der Waals surface area contributed by atoms with Gasteiger partial charge in [0.05, 0.1) is 11.1 Å². The van der Waals surface area contributed by atoms with Gasteiger partial charge in [-0.3, -0.25) is 9.59 Å². The highest BCUT2D eigenvalue weighted by Gasteiger charge is 2.37. The Morgan fingerprint density at radius 2 is 1.47 bits per heavy atom. The zero-order valence-corrected chi connectivity index (χ0v) is 24.8. The number of carbonyl (C=O) groups excluding carboxylic acids is 3. The van der Waals surface area contributed by atoms with Gasteiger partial charge in [0.1, 0.15) is 5.78 Å². The molecular formula is C31H39F6N3O3. The molecule has 0 saturated heterocycles. The van der Waals surface area contributed by atoms with E-state index in [0.29, 0.717) is 18.6 Å². The fraction of sp³-hybridized carbons (Fsp3) is 0.516. The van der Waals surface area contributed by atoms with Gasteiger partial charge < -0.3 is 15.1 Å². The van der Waals surface area contributed by atoms with E-state index in [4.69, 9.17) is 0 Å². The number of rotatable bonds is 14. The molecule has 2 aromatic carbocycles. The summed E-state index contributed by atoms with van der Waals surface area (Å²) in [5, 5.41) is 2.40. The third-order valence-electron chi connectivity index (χ3n) is 7.01. The van der Waals surface area contributed by atoms with Crippen LogP contribution in [0.15, 0.2) is 48.5 Å². The van der Waals surface area contributed by atoms with Gasteiger partial charge in [0.15, 0.2) is 0 Å². The van der Waals surface area contributed by atoms with Crippen molar-refractivity contribution in [3.8, 4) is 0 Å². The van der Waals surface area contributed by atoms with Gasteiger partial charge in [-0.1, -0.05) is 57.0 Å². The van der Waals surface area contributed by atoms with E-state index in [1.807, 2.05) is 44.2 Å². The predicted octanol–water partition coefficient (Wildman–Crippen LogP) is 7.46. The van der Waals surface area contributed by atoms with E-state index in [1.165, 1.54) is 11.8 Å². The van der Waals surface area contributed by atoms with Crippen molar-refractivity contribution in [1.29, 1.82) is 0 Å². The maximum Gasteiger partial charge on any atom is 0.416 e. The molecule has 6 nitrogen and oxygen atoms in total. The summed E-state index contributed by atoms with van der Waals surface area (Å²) in [6.07, 6.45) is -7.61. The summed E-state index contributed by atoms with van der Waals surface area (Å²) >= 11 is 0. The van der Waals surface area contributed by atoms with Crippen molar-refractivity contribution in [3.63, 3.8) is 0 Å². The van der Waals surface area contributed by atoms with Crippen LogP contribution in [0.5, 0.6) is 0 Å². The zero-order valence-electron chi connectivity index (χ0n) is 24.8. The first kappa shape index (κ1) is 35.6. The molecule has 0 bridgehead atoms. The molecule has 0 aromatic heterocycles. The van der Waals surface area contributed by atoms with Gasteiger partial charge in [-0.25, -0.2) is 4.79 Å². The number of alkyl halides is 6. The Bertz CT molecular complexity index is 1190. The minimum absolute atomic E-state index is 0.0202. The van der Waals surface area contributed by atoms with Gasteiger partial charge >= 0.3 is 18.4 Å². The lowest BCUT2D eigenvalue weighted by Gasteiger charge is -2.35. The number of urea groups is 1. The second kappa shape index (κ2) is 15.8. The SMILES string of the molecule is CCCC[C@H](C)C(=O)N(Cc1ccccc1)CC(C)N(CCC(C)=O)C(=O)NCc1cc(C(F)(F)F)cc(C(F)(F)F)c1. The molecule has 2 rings (SSSR count). The number of ketones is 1. The normalized spacial score (nSPS) is 13.3. The first-order chi connectivity index (χ1) is 20.0. The van der Waals surface area contributed by atoms with Crippen LogP contribution >= 0.6 is 0 Å². The fourth-order valence-electron chi connectivity index (χ4n) is 4.60. The maximum atomic E-state index is 13.5. The van der Waals surface area contributed by atoms with Crippen LogP contribution in [-0.4, -0.2) is 46.7 Å². The summed E-state index contributed by atoms with van der Waals surface area (Å²) in [5.74, 6) is -0.609. The van der Waals surface area contributed by atoms with Crippen LogP contribution in [0.25, 0.3) is 0 Å². The van der Waals surface area contributed by atoms with Crippen LogP contribution in [0.2, 0.25) is 0 Å². The molecule has 1 unspecified atom stereocenters. The van der Waals surface area contributed by atoms with Crippen LogP contribution in [-0.2, 0) is 35.0 Å². The minimum atomic E-state index is -5.02. The van der Waals surface area contributed by atoms with E-state index in [0.717, 1.165) is 18.4 Å². The highest BCUT2D eigenvalue weighted by molar-refractivity contribution is 5.79. The second-order valence-corrected chi connectivity index (χ2v) is 10.8. The minimum Gasteiger partial charge on any atom is -0.336 e. The van der Waals surface area contributed by atoms with Crippen LogP contribution in [0.1, 0.15) is 75.6 Å². The molecule has 43 heavy (non-hydrogen) atoms. The van der Waals surface area contributed by atoms with Crippen molar-refractivity contribution >= 4 is 17.7 Å². The molecule has 0 aliphatic carbocycles. The number of carbonyl (C=O) groups is 3. The second-order valence-electron chi connectivity index (χ2n) is 10.8. The molecule has 0 aliphatic heterocycles. The Kier molecular flexibility index (Phi) is 13.1. The van der Waals surface area contributed by atoms with Gasteiger partial charge in [-0.05, 0) is 49.6 Å². The molecule has 238 valence electrons. The molecule has 0 fully saturated rings. The standard InChI is InChI=1S/C31H39F6N3O3/c1-5-6-10-21(2)28(42)39(20-24-11-8-7-9-12-24)19-22(3)40(14-13-23(4)41)29(43)38-18-25-15-26(30(32,33)34)17-27(16-25)31(35,36)37/h7-9,11-12,15-17,21-22H,5-6,10,13-14,18-20H2,1-4H3,(H,38,43)/t21-,22?/m0/s1. The average molecular weight is 616 g/mol. The fourth-order valence-corrected chi connectivity index (χ4v) is 4.60. The van der Waals surface area contributed by atoms with Gasteiger partial charge in [0, 0.05) is 44.6 Å². The number of hydrogen-bond donors (Lipinski definition) is 1. The molecule has 2 atom stereocenters. The summed E-state index contributed by atoms with van der Waals surface area (Å²) in [5.41, 5.74) is -2.49. The number of hydrogen-bond acceptors (Lipinski definition) is 3. The smallest absolute Gasteiger partial charge is 0.336 e. The molecule has 0 heterocycles. The lowest BCUT2D eigenvalue weighted by Crippen LogP contribution is -2.51. The largest absolute Gasteiger partial charge is 0.416 e. The maximum absolute atomic E-state index is 13.5. The highest BCUT2D eigenvalue weighted by Crippen LogP contribution is 2.36. The molecular weight excluding hydrogens is 576 g/mol. The van der Waals surface area contributed by atoms with Gasteiger partial charge in [0.2, 0.25) is 5.91 Å². The van der Waals surface area contributed by atoms with Crippen molar-refractivity contribution in [1.82, 2.24) is 15.1 Å². The molecule has 3 amide bonds. The van der Waals surface area contributed by atoms with E-state index in [2.05, 4.69) is 5.32 Å². The van der Waals surface area contributed by atoms with Crippen molar-refractivity contribution in [3.05, 3.63) is 70.8 Å². The lowest BCUT2D eigenvalue weighted by molar-refractivity contribution is -0.143. The van der Waals surface area contributed by atoms with Crippen molar-refractivity contribution in [2.24, 2.45) is 5.92 Å². The first-order valence-corrected chi connectivity index (χ1v) is 14.2. The van der Waals surface area contributed by atoms with E-state index in [9.17, 15) is 40.7 Å². The van der Waals surface area contributed by atoms with Crippen LogP contribution < -0.4 is 5.32 Å². The Morgan fingerprint density at radius 1 is 0.884 bits per heavy atom. The lowest BCUT2D eigenvalue weighted by atomic mass is 10.0. The molecule has 0 radical (unpaired) electrons. The topological polar surface area (TPSA) is 69.7 Å². The molecule has 1 N–H and O–H groups in total. The molecule has 2 aromatic rings. The van der Waals surface area contributed by atoms with Gasteiger partial charge in [0.25, 0.3) is 0 Å².